The van der Waals surface area contributed by atoms with Crippen molar-refractivity contribution < 1.29 is 35.5 Å². The van der Waals surface area contributed by atoms with Crippen LogP contribution in [0.3, 0.4) is 0 Å². The van der Waals surface area contributed by atoms with Gasteiger partial charge in [-0.3, -0.25) is 10.2 Å². The molecule has 3 heterocycles. The van der Waals surface area contributed by atoms with Gasteiger partial charge in [0.1, 0.15) is 22.3 Å². The van der Waals surface area contributed by atoms with Gasteiger partial charge in [0, 0.05) is 18.3 Å². The number of alkyl halides is 3. The number of amides is 1. The molecule has 0 radical (unpaired) electrons. The lowest BCUT2D eigenvalue weighted by Gasteiger charge is -2.44. The number of anilines is 1. The van der Waals surface area contributed by atoms with E-state index in [4.69, 9.17) is 10.1 Å². The standard InChI is InChI=1S/C19H18F4N6O4S/c1-9-15-18(8-33-9,28-17(24)29(2)34(15,31)32)11-5-10(3-4-12(11)20)27-16(30)13-6-26-14(7-25-13)19(21,22)23/h3-7,9,15H,8H2,1-2H3,(H2,24,28)(H,27,30)/t9-,15-,18-/m1/s1. The number of nitrogens with zero attached hydrogens (tertiary/aromatic N) is 3. The molecule has 2 aromatic rings. The van der Waals surface area contributed by atoms with Gasteiger partial charge in [0.25, 0.3) is 5.91 Å². The summed E-state index contributed by atoms with van der Waals surface area (Å²) in [5.41, 5.74) is -3.50. The second kappa shape index (κ2) is 7.87. The Morgan fingerprint density at radius 2 is 2.03 bits per heavy atom. The Hall–Kier alpha value is -3.33. The van der Waals surface area contributed by atoms with E-state index in [2.05, 4.69) is 20.6 Å². The van der Waals surface area contributed by atoms with Crippen molar-refractivity contribution >= 4 is 27.6 Å². The maximum Gasteiger partial charge on any atom is 0.434 e. The van der Waals surface area contributed by atoms with Gasteiger partial charge in [0.2, 0.25) is 16.0 Å². The minimum absolute atomic E-state index is 0.0143. The summed E-state index contributed by atoms with van der Waals surface area (Å²) in [5.74, 6) is -2.21. The highest BCUT2D eigenvalue weighted by atomic mass is 32.2. The van der Waals surface area contributed by atoms with Crippen LogP contribution in [-0.4, -0.2) is 59.6 Å². The summed E-state index contributed by atoms with van der Waals surface area (Å²) in [7, 11) is -2.91. The smallest absolute Gasteiger partial charge is 0.374 e. The van der Waals surface area contributed by atoms with Crippen molar-refractivity contribution in [2.75, 3.05) is 19.0 Å². The van der Waals surface area contributed by atoms with E-state index >= 15 is 0 Å². The number of fused-ring (bicyclic) bond motifs is 1. The van der Waals surface area contributed by atoms with Gasteiger partial charge in [-0.1, -0.05) is 0 Å². The number of guanidine groups is 1. The number of aromatic nitrogens is 2. The summed E-state index contributed by atoms with van der Waals surface area (Å²) in [6.07, 6.45) is -4.51. The van der Waals surface area contributed by atoms with Crippen LogP contribution in [0.5, 0.6) is 0 Å². The molecule has 0 saturated carbocycles. The summed E-state index contributed by atoms with van der Waals surface area (Å²) in [6.45, 7) is 1.24. The van der Waals surface area contributed by atoms with E-state index in [0.717, 1.165) is 10.4 Å². The number of ether oxygens (including phenoxy) is 1. The highest BCUT2D eigenvalue weighted by Crippen LogP contribution is 2.43. The van der Waals surface area contributed by atoms with Gasteiger partial charge in [-0.15, -0.1) is 0 Å². The molecule has 3 atom stereocenters. The number of hydrogen-bond donors (Lipinski definition) is 3. The monoisotopic (exact) mass is 502 g/mol. The van der Waals surface area contributed by atoms with E-state index < -0.39 is 62.2 Å². The molecule has 0 aliphatic carbocycles. The van der Waals surface area contributed by atoms with Crippen molar-refractivity contribution in [1.82, 2.24) is 19.6 Å². The maximum absolute atomic E-state index is 15.0. The van der Waals surface area contributed by atoms with Gasteiger partial charge in [0.05, 0.1) is 25.1 Å². The zero-order chi connectivity index (χ0) is 25.1. The predicted octanol–water partition coefficient (Wildman–Crippen LogP) is 1.67. The molecule has 2 saturated heterocycles. The van der Waals surface area contributed by atoms with Gasteiger partial charge in [-0.25, -0.2) is 27.1 Å². The molecule has 34 heavy (non-hydrogen) atoms. The summed E-state index contributed by atoms with van der Waals surface area (Å²) < 4.78 is 85.3. The SMILES string of the molecule is C[C@H]1OC[C@]2(c3cc(NC(=O)c4cnc(C(F)(F)F)cn4)ccc3F)NC(=N)N(C)S(=O)(=O)[C@H]12. The van der Waals surface area contributed by atoms with Gasteiger partial charge in [-0.05, 0) is 25.1 Å². The topological polar surface area (TPSA) is 137 Å². The molecule has 4 rings (SSSR count). The minimum Gasteiger partial charge on any atom is -0.374 e. The molecule has 2 aliphatic heterocycles. The first-order valence-corrected chi connectivity index (χ1v) is 11.2. The molecule has 1 amide bonds. The zero-order valence-corrected chi connectivity index (χ0v) is 18.5. The average molecular weight is 502 g/mol. The lowest BCUT2D eigenvalue weighted by Crippen LogP contribution is -2.68. The molecule has 182 valence electrons. The van der Waals surface area contributed by atoms with E-state index in [9.17, 15) is 30.8 Å². The number of hydrogen-bond acceptors (Lipinski definition) is 7. The number of nitrogens with one attached hydrogen (secondary N) is 3. The maximum atomic E-state index is 15.0. The molecule has 1 aromatic carbocycles. The molecule has 10 nitrogen and oxygen atoms in total. The minimum atomic E-state index is -4.72. The van der Waals surface area contributed by atoms with E-state index in [1.54, 1.807) is 0 Å². The number of carbonyl (C=O) groups is 1. The van der Waals surface area contributed by atoms with Crippen molar-refractivity contribution in [3.8, 4) is 0 Å². The Kier molecular flexibility index (Phi) is 5.51. The first kappa shape index (κ1) is 23.8. The molecule has 1 aromatic heterocycles. The van der Waals surface area contributed by atoms with Crippen molar-refractivity contribution in [3.63, 3.8) is 0 Å². The van der Waals surface area contributed by atoms with Crippen LogP contribution in [0.2, 0.25) is 0 Å². The Morgan fingerprint density at radius 1 is 1.32 bits per heavy atom. The summed E-state index contributed by atoms with van der Waals surface area (Å²) >= 11 is 0. The van der Waals surface area contributed by atoms with Gasteiger partial charge in [-0.2, -0.15) is 13.2 Å². The first-order valence-electron chi connectivity index (χ1n) is 9.74. The predicted molar refractivity (Wildman–Crippen MR) is 110 cm³/mol. The molecule has 0 unspecified atom stereocenters. The molecule has 15 heteroatoms. The van der Waals surface area contributed by atoms with Crippen LogP contribution in [0.4, 0.5) is 23.2 Å². The molecule has 0 bridgehead atoms. The normalized spacial score (nSPS) is 26.1. The highest BCUT2D eigenvalue weighted by molar-refractivity contribution is 7.90. The van der Waals surface area contributed by atoms with E-state index in [1.165, 1.54) is 26.1 Å². The van der Waals surface area contributed by atoms with Crippen LogP contribution in [-0.2, 0) is 26.5 Å². The van der Waals surface area contributed by atoms with Crippen LogP contribution in [0.15, 0.2) is 30.6 Å². The van der Waals surface area contributed by atoms with E-state index in [-0.39, 0.29) is 17.9 Å². The van der Waals surface area contributed by atoms with Gasteiger partial charge >= 0.3 is 6.18 Å². The van der Waals surface area contributed by atoms with Crippen LogP contribution < -0.4 is 10.6 Å². The van der Waals surface area contributed by atoms with Gasteiger partial charge in [0.15, 0.2) is 5.69 Å². The Labute approximate surface area is 190 Å². The number of sulfonamides is 1. The molecule has 2 aliphatic rings. The fourth-order valence-corrected chi connectivity index (χ4v) is 6.02. The van der Waals surface area contributed by atoms with Crippen molar-refractivity contribution in [2.24, 2.45) is 0 Å². The second-order valence-corrected chi connectivity index (χ2v) is 9.91. The Morgan fingerprint density at radius 3 is 2.65 bits per heavy atom. The third-order valence-electron chi connectivity index (χ3n) is 5.72. The third-order valence-corrected chi connectivity index (χ3v) is 8.10. The lowest BCUT2D eigenvalue weighted by atomic mass is 9.86. The first-order chi connectivity index (χ1) is 15.8. The third kappa shape index (κ3) is 3.73. The highest BCUT2D eigenvalue weighted by Gasteiger charge is 2.62. The Balaban J connectivity index is 1.69. The molecule has 2 fully saturated rings. The van der Waals surface area contributed by atoms with Crippen LogP contribution >= 0.6 is 0 Å². The fraction of sp³-hybridized carbons (Fsp3) is 0.368. The van der Waals surface area contributed by atoms with Gasteiger partial charge < -0.3 is 15.4 Å². The second-order valence-electron chi connectivity index (χ2n) is 7.83. The van der Waals surface area contributed by atoms with Crippen LogP contribution in [0.1, 0.15) is 28.7 Å². The molecular weight excluding hydrogens is 484 g/mol. The average Bonchev–Trinajstić information content (AvgIpc) is 3.11. The van der Waals surface area contributed by atoms with Crippen molar-refractivity contribution in [2.45, 2.75) is 30.0 Å². The number of halogens is 4. The largest absolute Gasteiger partial charge is 0.434 e. The number of carbonyl (C=O) groups excluding carboxylic acids is 1. The van der Waals surface area contributed by atoms with Crippen LogP contribution in [0, 0.1) is 11.2 Å². The van der Waals surface area contributed by atoms with Crippen molar-refractivity contribution in [1.29, 1.82) is 5.41 Å². The number of rotatable bonds is 3. The quantitative estimate of drug-likeness (QED) is 0.543. The lowest BCUT2D eigenvalue weighted by molar-refractivity contribution is -0.141. The summed E-state index contributed by atoms with van der Waals surface area (Å²) in [5, 5.41) is 11.9. The van der Waals surface area contributed by atoms with Crippen molar-refractivity contribution in [3.05, 3.63) is 53.4 Å². The Bertz CT molecular complexity index is 1270. The molecular formula is C19H18F4N6O4S. The zero-order valence-electron chi connectivity index (χ0n) is 17.6. The van der Waals surface area contributed by atoms with E-state index in [1.807, 2.05) is 0 Å². The fourth-order valence-electron chi connectivity index (χ4n) is 4.05. The molecule has 3 N–H and O–H groups in total. The van der Waals surface area contributed by atoms with E-state index in [0.29, 0.717) is 12.4 Å². The van der Waals surface area contributed by atoms with Crippen LogP contribution in [0.25, 0.3) is 0 Å². The summed E-state index contributed by atoms with van der Waals surface area (Å²) in [4.78, 5) is 19.1. The number of benzene rings is 1. The molecule has 0 spiro atoms. The summed E-state index contributed by atoms with van der Waals surface area (Å²) in [6, 6.07) is 3.36.